The van der Waals surface area contributed by atoms with Gasteiger partial charge in [-0.25, -0.2) is 4.39 Å². The van der Waals surface area contributed by atoms with E-state index in [-0.39, 0.29) is 23.1 Å². The molecule has 25 heavy (non-hydrogen) atoms. The zero-order chi connectivity index (χ0) is 18.9. The monoisotopic (exact) mass is 351 g/mol. The third-order valence-electron chi connectivity index (χ3n) is 4.33. The molecule has 1 rings (SSSR count). The molecule has 1 aromatic carbocycles. The normalized spacial score (nSPS) is 14.4. The molecule has 0 radical (unpaired) electrons. The first kappa shape index (κ1) is 21.1. The first-order valence-electron chi connectivity index (χ1n) is 8.88. The SMILES string of the molecule is CCNC(=O)CC(C)(CC)NCCC(C)NC(=O)c1ccccc1F. The minimum absolute atomic E-state index is 0.0280. The predicted octanol–water partition coefficient (Wildman–Crippen LogP) is 2.62. The van der Waals surface area contributed by atoms with Crippen molar-refractivity contribution in [3.05, 3.63) is 35.6 Å². The number of carbonyl (C=O) groups excluding carboxylic acids is 2. The number of hydrogen-bond acceptors (Lipinski definition) is 3. The highest BCUT2D eigenvalue weighted by Crippen LogP contribution is 2.14. The van der Waals surface area contributed by atoms with E-state index in [0.717, 1.165) is 6.42 Å². The third kappa shape index (κ3) is 7.22. The van der Waals surface area contributed by atoms with Crippen LogP contribution in [0.2, 0.25) is 0 Å². The Morgan fingerprint density at radius 2 is 1.92 bits per heavy atom. The summed E-state index contributed by atoms with van der Waals surface area (Å²) in [6.45, 7) is 9.11. The molecule has 0 aliphatic carbocycles. The molecule has 0 bridgehead atoms. The van der Waals surface area contributed by atoms with Gasteiger partial charge in [0.1, 0.15) is 5.82 Å². The van der Waals surface area contributed by atoms with Crippen LogP contribution in [0.1, 0.15) is 57.3 Å². The van der Waals surface area contributed by atoms with Gasteiger partial charge in [0.05, 0.1) is 5.56 Å². The molecule has 0 spiro atoms. The summed E-state index contributed by atoms with van der Waals surface area (Å²) in [5.41, 5.74) is -0.230. The van der Waals surface area contributed by atoms with Crippen LogP contribution in [0.25, 0.3) is 0 Å². The second-order valence-corrected chi connectivity index (χ2v) is 6.61. The lowest BCUT2D eigenvalue weighted by atomic mass is 9.93. The maximum atomic E-state index is 13.6. The van der Waals surface area contributed by atoms with E-state index in [9.17, 15) is 14.0 Å². The van der Waals surface area contributed by atoms with E-state index in [1.54, 1.807) is 12.1 Å². The lowest BCUT2D eigenvalue weighted by molar-refractivity contribution is -0.122. The Labute approximate surface area is 149 Å². The van der Waals surface area contributed by atoms with E-state index in [1.165, 1.54) is 12.1 Å². The second-order valence-electron chi connectivity index (χ2n) is 6.61. The Kier molecular flexibility index (Phi) is 8.55. The largest absolute Gasteiger partial charge is 0.356 e. The van der Waals surface area contributed by atoms with Crippen LogP contribution in [0.15, 0.2) is 24.3 Å². The van der Waals surface area contributed by atoms with E-state index < -0.39 is 11.7 Å². The van der Waals surface area contributed by atoms with Crippen LogP contribution in [-0.4, -0.2) is 36.5 Å². The standard InChI is InChI=1S/C19H30FN3O2/c1-5-19(4,13-17(24)21-6-2)22-12-11-14(3)23-18(25)15-9-7-8-10-16(15)20/h7-10,14,22H,5-6,11-13H2,1-4H3,(H,21,24)(H,23,25). The lowest BCUT2D eigenvalue weighted by Gasteiger charge is -2.30. The molecule has 0 aromatic heterocycles. The van der Waals surface area contributed by atoms with Crippen molar-refractivity contribution in [2.75, 3.05) is 13.1 Å². The fraction of sp³-hybridized carbons (Fsp3) is 0.579. The second kappa shape index (κ2) is 10.1. The Balaban J connectivity index is 2.45. The van der Waals surface area contributed by atoms with E-state index in [4.69, 9.17) is 0 Å². The third-order valence-corrected chi connectivity index (χ3v) is 4.33. The van der Waals surface area contributed by atoms with Crippen molar-refractivity contribution in [1.29, 1.82) is 0 Å². The van der Waals surface area contributed by atoms with E-state index >= 15 is 0 Å². The summed E-state index contributed by atoms with van der Waals surface area (Å²) in [6, 6.07) is 5.83. The quantitative estimate of drug-likeness (QED) is 0.607. The molecular weight excluding hydrogens is 321 g/mol. The molecule has 0 aliphatic heterocycles. The van der Waals surface area contributed by atoms with Crippen molar-refractivity contribution in [3.8, 4) is 0 Å². The highest BCUT2D eigenvalue weighted by atomic mass is 19.1. The summed E-state index contributed by atoms with van der Waals surface area (Å²) >= 11 is 0. The molecule has 0 saturated carbocycles. The molecule has 2 amide bonds. The van der Waals surface area contributed by atoms with Crippen LogP contribution in [-0.2, 0) is 4.79 Å². The van der Waals surface area contributed by atoms with E-state index in [2.05, 4.69) is 16.0 Å². The van der Waals surface area contributed by atoms with Gasteiger partial charge in [-0.1, -0.05) is 19.1 Å². The molecule has 3 N–H and O–H groups in total. The van der Waals surface area contributed by atoms with Crippen molar-refractivity contribution in [2.45, 2.75) is 58.5 Å². The van der Waals surface area contributed by atoms with Crippen molar-refractivity contribution < 1.29 is 14.0 Å². The molecule has 0 fully saturated rings. The van der Waals surface area contributed by atoms with Gasteiger partial charge in [-0.2, -0.15) is 0 Å². The molecule has 0 aliphatic rings. The van der Waals surface area contributed by atoms with Crippen molar-refractivity contribution >= 4 is 11.8 Å². The Morgan fingerprint density at radius 3 is 2.52 bits per heavy atom. The smallest absolute Gasteiger partial charge is 0.254 e. The molecule has 2 atom stereocenters. The first-order valence-corrected chi connectivity index (χ1v) is 8.88. The van der Waals surface area contributed by atoms with E-state index in [0.29, 0.717) is 25.9 Å². The van der Waals surface area contributed by atoms with Crippen LogP contribution in [0.5, 0.6) is 0 Å². The highest BCUT2D eigenvalue weighted by molar-refractivity contribution is 5.94. The number of nitrogens with one attached hydrogen (secondary N) is 3. The zero-order valence-corrected chi connectivity index (χ0v) is 15.6. The van der Waals surface area contributed by atoms with E-state index in [1.807, 2.05) is 27.7 Å². The maximum Gasteiger partial charge on any atom is 0.254 e. The molecule has 2 unspecified atom stereocenters. The van der Waals surface area contributed by atoms with Gasteiger partial charge in [-0.15, -0.1) is 0 Å². The summed E-state index contributed by atoms with van der Waals surface area (Å²) in [7, 11) is 0. The topological polar surface area (TPSA) is 70.2 Å². The molecule has 5 nitrogen and oxygen atoms in total. The zero-order valence-electron chi connectivity index (χ0n) is 15.6. The molecule has 1 aromatic rings. The van der Waals surface area contributed by atoms with Gasteiger partial charge in [0.2, 0.25) is 5.91 Å². The van der Waals surface area contributed by atoms with Gasteiger partial charge in [0, 0.05) is 24.5 Å². The Morgan fingerprint density at radius 1 is 1.24 bits per heavy atom. The Hall–Kier alpha value is -1.95. The number of hydrogen-bond donors (Lipinski definition) is 3. The van der Waals surface area contributed by atoms with Crippen LogP contribution < -0.4 is 16.0 Å². The first-order chi connectivity index (χ1) is 11.8. The van der Waals surface area contributed by atoms with Gasteiger partial charge in [0.25, 0.3) is 5.91 Å². The average molecular weight is 351 g/mol. The van der Waals surface area contributed by atoms with Gasteiger partial charge >= 0.3 is 0 Å². The van der Waals surface area contributed by atoms with Gasteiger partial charge in [-0.3, -0.25) is 9.59 Å². The van der Waals surface area contributed by atoms with Crippen LogP contribution in [0.3, 0.4) is 0 Å². The minimum atomic E-state index is -0.522. The van der Waals surface area contributed by atoms with Crippen LogP contribution in [0.4, 0.5) is 4.39 Å². The number of amides is 2. The molecule has 0 heterocycles. The minimum Gasteiger partial charge on any atom is -0.356 e. The summed E-state index contributed by atoms with van der Waals surface area (Å²) < 4.78 is 13.6. The van der Waals surface area contributed by atoms with Gasteiger partial charge < -0.3 is 16.0 Å². The molecular formula is C19H30FN3O2. The fourth-order valence-corrected chi connectivity index (χ4v) is 2.54. The van der Waals surface area contributed by atoms with Crippen molar-refractivity contribution in [2.24, 2.45) is 0 Å². The molecule has 0 saturated heterocycles. The molecule has 140 valence electrons. The van der Waals surface area contributed by atoms with Gasteiger partial charge in [-0.05, 0) is 52.3 Å². The maximum absolute atomic E-state index is 13.6. The number of carbonyl (C=O) groups is 2. The van der Waals surface area contributed by atoms with Crippen LogP contribution >= 0.6 is 0 Å². The predicted molar refractivity (Wildman–Crippen MR) is 97.9 cm³/mol. The Bertz CT molecular complexity index is 580. The van der Waals surface area contributed by atoms with Crippen molar-refractivity contribution in [1.82, 2.24) is 16.0 Å². The molecule has 6 heteroatoms. The van der Waals surface area contributed by atoms with Gasteiger partial charge in [0.15, 0.2) is 0 Å². The summed E-state index contributed by atoms with van der Waals surface area (Å²) in [6.07, 6.45) is 1.92. The van der Waals surface area contributed by atoms with Crippen LogP contribution in [0, 0.1) is 5.82 Å². The number of benzene rings is 1. The summed E-state index contributed by atoms with van der Waals surface area (Å²) in [4.78, 5) is 23.9. The van der Waals surface area contributed by atoms with Crippen molar-refractivity contribution in [3.63, 3.8) is 0 Å². The summed E-state index contributed by atoms with van der Waals surface area (Å²) in [5.74, 6) is -0.905. The number of rotatable bonds is 10. The fourth-order valence-electron chi connectivity index (χ4n) is 2.54. The summed E-state index contributed by atoms with van der Waals surface area (Å²) in [5, 5.41) is 9.02. The average Bonchev–Trinajstić information content (AvgIpc) is 2.55. The lowest BCUT2D eigenvalue weighted by Crippen LogP contribution is -2.47. The highest BCUT2D eigenvalue weighted by Gasteiger charge is 2.24. The number of halogens is 1.